The quantitative estimate of drug-likeness (QED) is 0.794. The van der Waals surface area contributed by atoms with E-state index in [1.54, 1.807) is 12.1 Å². The summed E-state index contributed by atoms with van der Waals surface area (Å²) in [6, 6.07) is 7.23. The highest BCUT2D eigenvalue weighted by Crippen LogP contribution is 2.24. The zero-order valence-electron chi connectivity index (χ0n) is 12.5. The Morgan fingerprint density at radius 2 is 1.91 bits per heavy atom. The van der Waals surface area contributed by atoms with Crippen molar-refractivity contribution in [2.75, 3.05) is 25.0 Å². The Kier molecular flexibility index (Phi) is 4.68. The molecule has 2 aromatic rings. The van der Waals surface area contributed by atoms with Crippen molar-refractivity contribution >= 4 is 28.9 Å². The van der Waals surface area contributed by atoms with Crippen LogP contribution in [0.1, 0.15) is 23.3 Å². The summed E-state index contributed by atoms with van der Waals surface area (Å²) in [5, 5.41) is 15.7. The Labute approximate surface area is 137 Å². The Morgan fingerprint density at radius 3 is 2.52 bits per heavy atom. The summed E-state index contributed by atoms with van der Waals surface area (Å²) in [6.45, 7) is 2.64. The molecule has 1 saturated heterocycles. The summed E-state index contributed by atoms with van der Waals surface area (Å²) >= 11 is 1.25. The molecular formula is C16H17N3O3S. The van der Waals surface area contributed by atoms with Gasteiger partial charge in [0.15, 0.2) is 6.54 Å². The molecule has 0 unspecified atom stereocenters. The minimum absolute atomic E-state index is 0.0168. The number of thiazole rings is 1. The van der Waals surface area contributed by atoms with Crippen LogP contribution < -0.4 is 15.3 Å². The predicted octanol–water partition coefficient (Wildman–Crippen LogP) is -0.209. The van der Waals surface area contributed by atoms with Crippen molar-refractivity contribution in [2.45, 2.75) is 12.8 Å². The van der Waals surface area contributed by atoms with E-state index in [-0.39, 0.29) is 11.6 Å². The number of nitrogens with one attached hydrogen (secondary N) is 2. The second kappa shape index (κ2) is 6.89. The molecule has 1 aromatic carbocycles. The molecule has 1 aliphatic rings. The second-order valence-corrected chi connectivity index (χ2v) is 6.44. The molecule has 0 saturated carbocycles. The molecule has 0 aliphatic carbocycles. The lowest BCUT2D eigenvalue weighted by Crippen LogP contribution is -3.11. The van der Waals surface area contributed by atoms with Gasteiger partial charge in [-0.15, -0.1) is 11.3 Å². The standard InChI is InChI=1S/C16H17N3O3S/c20-14(9-19-7-1-2-8-19)17-12-5-3-11(4-6-12)15-18-13(10-23-15)16(21)22/h3-6,10H,1-2,7-9H2,(H,17,20)(H,21,22). The molecular weight excluding hydrogens is 314 g/mol. The SMILES string of the molecule is O=C(C[NH+]1CCCC1)Nc1ccc(-c2nc(C(=O)[O-])cs2)cc1. The highest BCUT2D eigenvalue weighted by Gasteiger charge is 2.18. The molecule has 2 N–H and O–H groups in total. The minimum Gasteiger partial charge on any atom is -0.543 e. The summed E-state index contributed by atoms with van der Waals surface area (Å²) in [4.78, 5) is 28.1. The molecule has 6 nitrogen and oxygen atoms in total. The summed E-state index contributed by atoms with van der Waals surface area (Å²) in [5.41, 5.74) is 1.48. The van der Waals surface area contributed by atoms with Gasteiger partial charge in [0.2, 0.25) is 0 Å². The lowest BCUT2D eigenvalue weighted by Gasteiger charge is -2.12. The van der Waals surface area contributed by atoms with Crippen LogP contribution in [0.25, 0.3) is 10.6 Å². The van der Waals surface area contributed by atoms with Crippen LogP contribution in [0.2, 0.25) is 0 Å². The van der Waals surface area contributed by atoms with Crippen molar-refractivity contribution in [2.24, 2.45) is 0 Å². The topological polar surface area (TPSA) is 86.6 Å². The van der Waals surface area contributed by atoms with Gasteiger partial charge in [0, 0.05) is 29.5 Å². The van der Waals surface area contributed by atoms with Gasteiger partial charge in [0.1, 0.15) is 5.01 Å². The number of carbonyl (C=O) groups excluding carboxylic acids is 2. The van der Waals surface area contributed by atoms with Gasteiger partial charge in [-0.1, -0.05) is 0 Å². The van der Waals surface area contributed by atoms with E-state index in [4.69, 9.17) is 0 Å². The van der Waals surface area contributed by atoms with Crippen LogP contribution in [0.4, 0.5) is 5.69 Å². The Bertz CT molecular complexity index is 706. The van der Waals surface area contributed by atoms with E-state index in [2.05, 4.69) is 10.3 Å². The van der Waals surface area contributed by atoms with Crippen molar-refractivity contribution in [3.05, 3.63) is 35.3 Å². The van der Waals surface area contributed by atoms with E-state index in [1.807, 2.05) is 12.1 Å². The molecule has 1 fully saturated rings. The number of quaternary nitrogens is 1. The number of carboxylic acids is 1. The number of nitrogens with zero attached hydrogens (tertiary/aromatic N) is 1. The molecule has 23 heavy (non-hydrogen) atoms. The maximum atomic E-state index is 12.0. The Balaban J connectivity index is 1.61. The molecule has 3 rings (SSSR count). The van der Waals surface area contributed by atoms with Crippen molar-refractivity contribution in [3.8, 4) is 10.6 Å². The lowest BCUT2D eigenvalue weighted by molar-refractivity contribution is -0.878. The van der Waals surface area contributed by atoms with Crippen molar-refractivity contribution in [1.82, 2.24) is 4.98 Å². The van der Waals surface area contributed by atoms with Crippen LogP contribution in [0.15, 0.2) is 29.6 Å². The van der Waals surface area contributed by atoms with Gasteiger partial charge in [-0.25, -0.2) is 4.98 Å². The molecule has 0 spiro atoms. The first kappa shape index (κ1) is 15.6. The maximum absolute atomic E-state index is 12.0. The van der Waals surface area contributed by atoms with Crippen LogP contribution in [0, 0.1) is 0 Å². The first-order valence-electron chi connectivity index (χ1n) is 7.52. The second-order valence-electron chi connectivity index (χ2n) is 5.58. The number of aromatic carboxylic acids is 1. The van der Waals surface area contributed by atoms with Crippen molar-refractivity contribution in [1.29, 1.82) is 0 Å². The van der Waals surface area contributed by atoms with Crippen LogP contribution in [-0.4, -0.2) is 36.5 Å². The summed E-state index contributed by atoms with van der Waals surface area (Å²) in [6.07, 6.45) is 2.39. The van der Waals surface area contributed by atoms with E-state index in [1.165, 1.54) is 34.5 Å². The van der Waals surface area contributed by atoms with Gasteiger partial charge < -0.3 is 20.1 Å². The average Bonchev–Trinajstić information content (AvgIpc) is 3.19. The number of aromatic nitrogens is 1. The number of amides is 1. The van der Waals surface area contributed by atoms with Crippen molar-refractivity contribution < 1.29 is 19.6 Å². The fourth-order valence-corrected chi connectivity index (χ4v) is 3.48. The van der Waals surface area contributed by atoms with E-state index in [0.29, 0.717) is 11.6 Å². The fourth-order valence-electron chi connectivity index (χ4n) is 2.68. The third-order valence-electron chi connectivity index (χ3n) is 3.85. The largest absolute Gasteiger partial charge is 0.543 e. The predicted molar refractivity (Wildman–Crippen MR) is 85.3 cm³/mol. The van der Waals surface area contributed by atoms with Gasteiger partial charge in [0.05, 0.1) is 24.8 Å². The molecule has 1 amide bonds. The van der Waals surface area contributed by atoms with E-state index < -0.39 is 5.97 Å². The summed E-state index contributed by atoms with van der Waals surface area (Å²) < 4.78 is 0. The number of hydrogen-bond donors (Lipinski definition) is 2. The van der Waals surface area contributed by atoms with Gasteiger partial charge in [-0.2, -0.15) is 0 Å². The highest BCUT2D eigenvalue weighted by atomic mass is 32.1. The number of benzene rings is 1. The van der Waals surface area contributed by atoms with Gasteiger partial charge in [-0.05, 0) is 24.3 Å². The zero-order valence-corrected chi connectivity index (χ0v) is 13.3. The molecule has 7 heteroatoms. The molecule has 1 aromatic heterocycles. The average molecular weight is 331 g/mol. The number of carboxylic acid groups (broad SMARTS) is 1. The normalized spacial score (nSPS) is 14.8. The number of hydrogen-bond acceptors (Lipinski definition) is 5. The van der Waals surface area contributed by atoms with E-state index in [0.717, 1.165) is 24.3 Å². The first-order chi connectivity index (χ1) is 11.1. The highest BCUT2D eigenvalue weighted by molar-refractivity contribution is 7.13. The maximum Gasteiger partial charge on any atom is 0.279 e. The first-order valence-corrected chi connectivity index (χ1v) is 8.40. The fraction of sp³-hybridized carbons (Fsp3) is 0.312. The number of anilines is 1. The van der Waals surface area contributed by atoms with Crippen LogP contribution >= 0.6 is 11.3 Å². The molecule has 120 valence electrons. The summed E-state index contributed by atoms with van der Waals surface area (Å²) in [7, 11) is 0. The Hall–Kier alpha value is -2.25. The number of likely N-dealkylation sites (tertiary alicyclic amines) is 1. The molecule has 1 aliphatic heterocycles. The van der Waals surface area contributed by atoms with Gasteiger partial charge in [-0.3, -0.25) is 4.79 Å². The van der Waals surface area contributed by atoms with Crippen LogP contribution in [0.5, 0.6) is 0 Å². The molecule has 0 atom stereocenters. The molecule has 0 bridgehead atoms. The van der Waals surface area contributed by atoms with Crippen LogP contribution in [-0.2, 0) is 4.79 Å². The van der Waals surface area contributed by atoms with Gasteiger partial charge in [0.25, 0.3) is 5.91 Å². The van der Waals surface area contributed by atoms with Crippen molar-refractivity contribution in [3.63, 3.8) is 0 Å². The summed E-state index contributed by atoms with van der Waals surface area (Å²) in [5.74, 6) is -1.26. The minimum atomic E-state index is -1.28. The monoisotopic (exact) mass is 331 g/mol. The zero-order chi connectivity index (χ0) is 16.2. The third kappa shape index (κ3) is 3.94. The Morgan fingerprint density at radius 1 is 1.22 bits per heavy atom. The number of carbonyl (C=O) groups is 2. The van der Waals surface area contributed by atoms with Gasteiger partial charge >= 0.3 is 0 Å². The molecule has 2 heterocycles. The smallest absolute Gasteiger partial charge is 0.279 e. The third-order valence-corrected chi connectivity index (χ3v) is 4.74. The number of rotatable bonds is 5. The van der Waals surface area contributed by atoms with E-state index >= 15 is 0 Å². The molecule has 0 radical (unpaired) electrons. The van der Waals surface area contributed by atoms with Crippen LogP contribution in [0.3, 0.4) is 0 Å². The lowest BCUT2D eigenvalue weighted by atomic mass is 10.2. The van der Waals surface area contributed by atoms with E-state index in [9.17, 15) is 14.7 Å².